The molecule has 0 unspecified atom stereocenters. The number of hydrogen-bond acceptors (Lipinski definition) is 4. The molecule has 0 radical (unpaired) electrons. The van der Waals surface area contributed by atoms with Gasteiger partial charge in [-0.25, -0.2) is 13.1 Å². The van der Waals surface area contributed by atoms with E-state index in [-0.39, 0.29) is 23.0 Å². The third kappa shape index (κ3) is 5.30. The number of carbonyl (C=O) groups is 1. The summed E-state index contributed by atoms with van der Waals surface area (Å²) >= 11 is 0. The Bertz CT molecular complexity index is 951. The highest BCUT2D eigenvalue weighted by Gasteiger charge is 2.28. The van der Waals surface area contributed by atoms with Crippen LogP contribution in [0.25, 0.3) is 6.08 Å². The number of nitrogens with one attached hydrogen (secondary N) is 2. The summed E-state index contributed by atoms with van der Waals surface area (Å²) in [6.07, 6.45) is 6.30. The van der Waals surface area contributed by atoms with Crippen molar-refractivity contribution in [3.63, 3.8) is 0 Å². The first kappa shape index (κ1) is 20.3. The number of nitrogens with zero attached hydrogens (tertiary/aromatic N) is 2. The second-order valence-corrected chi connectivity index (χ2v) is 8.84. The largest absolute Gasteiger partial charge is 0.350 e. The van der Waals surface area contributed by atoms with E-state index in [2.05, 4.69) is 15.1 Å². The first-order chi connectivity index (χ1) is 13.3. The molecule has 2 N–H and O–H groups in total. The van der Waals surface area contributed by atoms with Gasteiger partial charge in [0.05, 0.1) is 5.69 Å². The van der Waals surface area contributed by atoms with Crippen LogP contribution in [0.5, 0.6) is 0 Å². The Labute approximate surface area is 165 Å². The average Bonchev–Trinajstić information content (AvgIpc) is 3.00. The van der Waals surface area contributed by atoms with Crippen LogP contribution in [0.1, 0.15) is 36.9 Å². The molecule has 7 nitrogen and oxygen atoms in total. The van der Waals surface area contributed by atoms with Crippen molar-refractivity contribution >= 4 is 22.0 Å². The molecule has 0 spiro atoms. The fourth-order valence-electron chi connectivity index (χ4n) is 3.53. The van der Waals surface area contributed by atoms with Gasteiger partial charge in [-0.1, -0.05) is 30.3 Å². The molecule has 0 saturated heterocycles. The molecule has 2 aromatic rings. The van der Waals surface area contributed by atoms with Crippen molar-refractivity contribution in [2.45, 2.75) is 49.7 Å². The molecule has 8 heteroatoms. The molecule has 1 heterocycles. The van der Waals surface area contributed by atoms with E-state index < -0.39 is 10.0 Å². The van der Waals surface area contributed by atoms with Crippen molar-refractivity contribution in [3.8, 4) is 0 Å². The van der Waals surface area contributed by atoms with Gasteiger partial charge in [-0.2, -0.15) is 5.10 Å². The van der Waals surface area contributed by atoms with Crippen molar-refractivity contribution in [3.05, 3.63) is 53.7 Å². The molecular formula is C20H26N4O3S. The first-order valence-electron chi connectivity index (χ1n) is 9.40. The Kier molecular flexibility index (Phi) is 6.31. The number of benzene rings is 1. The lowest BCUT2D eigenvalue weighted by atomic mass is 9.91. The smallest absolute Gasteiger partial charge is 0.257 e. The Morgan fingerprint density at radius 2 is 1.93 bits per heavy atom. The summed E-state index contributed by atoms with van der Waals surface area (Å²) in [7, 11) is -2.03. The summed E-state index contributed by atoms with van der Waals surface area (Å²) < 4.78 is 29.4. The zero-order valence-electron chi connectivity index (χ0n) is 16.1. The summed E-state index contributed by atoms with van der Waals surface area (Å²) in [6.45, 7) is 1.76. The van der Waals surface area contributed by atoms with E-state index in [1.165, 1.54) is 10.8 Å². The van der Waals surface area contributed by atoms with E-state index in [1.54, 1.807) is 26.1 Å². The zero-order valence-corrected chi connectivity index (χ0v) is 16.9. The van der Waals surface area contributed by atoms with Gasteiger partial charge in [-0.3, -0.25) is 9.48 Å². The van der Waals surface area contributed by atoms with E-state index in [0.29, 0.717) is 12.1 Å². The highest BCUT2D eigenvalue weighted by atomic mass is 32.2. The highest BCUT2D eigenvalue weighted by molar-refractivity contribution is 7.89. The quantitative estimate of drug-likeness (QED) is 0.724. The minimum Gasteiger partial charge on any atom is -0.350 e. The first-order valence-corrected chi connectivity index (χ1v) is 10.9. The molecule has 2 atom stereocenters. The van der Waals surface area contributed by atoms with Gasteiger partial charge in [0.2, 0.25) is 5.91 Å². The van der Waals surface area contributed by atoms with Gasteiger partial charge < -0.3 is 5.32 Å². The van der Waals surface area contributed by atoms with Gasteiger partial charge in [-0.05, 0) is 50.3 Å². The van der Waals surface area contributed by atoms with Crippen LogP contribution < -0.4 is 10.0 Å². The van der Waals surface area contributed by atoms with Gasteiger partial charge >= 0.3 is 0 Å². The molecule has 1 fully saturated rings. The minimum absolute atomic E-state index is 0.0531. The molecule has 150 valence electrons. The molecule has 0 bridgehead atoms. The second kappa shape index (κ2) is 8.70. The summed E-state index contributed by atoms with van der Waals surface area (Å²) in [4.78, 5) is 12.2. The van der Waals surface area contributed by atoms with Crippen molar-refractivity contribution in [1.29, 1.82) is 0 Å². The van der Waals surface area contributed by atoms with Crippen LogP contribution in [0.4, 0.5) is 0 Å². The van der Waals surface area contributed by atoms with Crippen LogP contribution in [0, 0.1) is 6.92 Å². The molecule has 28 heavy (non-hydrogen) atoms. The Balaban J connectivity index is 1.57. The van der Waals surface area contributed by atoms with Crippen molar-refractivity contribution in [2.75, 3.05) is 0 Å². The Hall–Kier alpha value is -2.45. The molecule has 1 aliphatic carbocycles. The highest BCUT2D eigenvalue weighted by Crippen LogP contribution is 2.21. The number of amides is 1. The molecule has 1 aromatic heterocycles. The summed E-state index contributed by atoms with van der Waals surface area (Å²) in [5.41, 5.74) is 1.61. The monoisotopic (exact) mass is 402 g/mol. The lowest BCUT2D eigenvalue weighted by Crippen LogP contribution is -2.45. The Morgan fingerprint density at radius 3 is 2.61 bits per heavy atom. The summed E-state index contributed by atoms with van der Waals surface area (Å²) in [5.74, 6) is -0.167. The predicted molar refractivity (Wildman–Crippen MR) is 108 cm³/mol. The lowest BCUT2D eigenvalue weighted by molar-refractivity contribution is -0.117. The topological polar surface area (TPSA) is 93.1 Å². The van der Waals surface area contributed by atoms with E-state index >= 15 is 0 Å². The van der Waals surface area contributed by atoms with Crippen LogP contribution in [-0.2, 0) is 21.9 Å². The van der Waals surface area contributed by atoms with Crippen LogP contribution in [0.2, 0.25) is 0 Å². The molecule has 1 aliphatic rings. The zero-order chi connectivity index (χ0) is 20.1. The standard InChI is InChI=1S/C20H26N4O3S/c1-15-13-20(24(2)22-15)28(26,27)23-18-10-6-9-17(14-18)21-19(25)12-11-16-7-4-3-5-8-16/h3-5,7-8,11-13,17-18,23H,6,9-10,14H2,1-2H3,(H,21,25)/b12-11+/t17-,18-/m1/s1. The number of carbonyl (C=O) groups excluding carboxylic acids is 1. The van der Waals surface area contributed by atoms with Crippen molar-refractivity contribution in [2.24, 2.45) is 7.05 Å². The minimum atomic E-state index is -3.64. The fourth-order valence-corrected chi connectivity index (χ4v) is 5.02. The van der Waals surface area contributed by atoms with Crippen molar-refractivity contribution < 1.29 is 13.2 Å². The molecular weight excluding hydrogens is 376 g/mol. The number of rotatable bonds is 6. The predicted octanol–water partition coefficient (Wildman–Crippen LogP) is 2.15. The molecule has 1 saturated carbocycles. The maximum Gasteiger partial charge on any atom is 0.257 e. The maximum atomic E-state index is 12.7. The normalized spacial score (nSPS) is 20.4. The molecule has 3 rings (SSSR count). The van der Waals surface area contributed by atoms with E-state index in [0.717, 1.165) is 24.8 Å². The molecule has 1 aromatic carbocycles. The third-order valence-electron chi connectivity index (χ3n) is 4.80. The van der Waals surface area contributed by atoms with Gasteiger partial charge in [0, 0.05) is 25.2 Å². The third-order valence-corrected chi connectivity index (χ3v) is 6.38. The molecule has 0 aliphatic heterocycles. The average molecular weight is 403 g/mol. The van der Waals surface area contributed by atoms with Crippen LogP contribution in [0.3, 0.4) is 0 Å². The van der Waals surface area contributed by atoms with E-state index in [4.69, 9.17) is 0 Å². The van der Waals surface area contributed by atoms with Crippen LogP contribution in [-0.4, -0.2) is 36.2 Å². The maximum absolute atomic E-state index is 12.7. The second-order valence-electron chi connectivity index (χ2n) is 7.18. The molecule has 1 amide bonds. The van der Waals surface area contributed by atoms with Crippen LogP contribution in [0.15, 0.2) is 47.5 Å². The SMILES string of the molecule is Cc1cc(S(=O)(=O)N[C@@H]2CCC[C@@H](NC(=O)/C=C/c3ccccc3)C2)n(C)n1. The van der Waals surface area contributed by atoms with Crippen LogP contribution >= 0.6 is 0 Å². The van der Waals surface area contributed by atoms with Gasteiger partial charge in [-0.15, -0.1) is 0 Å². The number of sulfonamides is 1. The van der Waals surface area contributed by atoms with Gasteiger partial charge in [0.15, 0.2) is 5.03 Å². The summed E-state index contributed by atoms with van der Waals surface area (Å²) in [5, 5.41) is 7.24. The van der Waals surface area contributed by atoms with Crippen molar-refractivity contribution in [1.82, 2.24) is 19.8 Å². The lowest BCUT2D eigenvalue weighted by Gasteiger charge is -2.29. The number of aryl methyl sites for hydroxylation is 2. The fraction of sp³-hybridized carbons (Fsp3) is 0.400. The van der Waals surface area contributed by atoms with E-state index in [1.807, 2.05) is 30.3 Å². The van der Waals surface area contributed by atoms with Gasteiger partial charge in [0.1, 0.15) is 0 Å². The Morgan fingerprint density at radius 1 is 1.21 bits per heavy atom. The van der Waals surface area contributed by atoms with E-state index in [9.17, 15) is 13.2 Å². The number of hydrogen-bond donors (Lipinski definition) is 2. The number of aromatic nitrogens is 2. The van der Waals surface area contributed by atoms with Gasteiger partial charge in [0.25, 0.3) is 10.0 Å². The summed E-state index contributed by atoms with van der Waals surface area (Å²) in [6, 6.07) is 10.9.